The summed E-state index contributed by atoms with van der Waals surface area (Å²) in [5, 5.41) is 0. The minimum Gasteiger partial charge on any atom is -0.598 e. The van der Waals surface area contributed by atoms with Crippen molar-refractivity contribution in [3.8, 4) is 5.88 Å². The zero-order valence-corrected chi connectivity index (χ0v) is 20.0. The first-order valence-electron chi connectivity index (χ1n) is 10.7. The van der Waals surface area contributed by atoms with Crippen LogP contribution in [0.5, 0.6) is 5.88 Å². The van der Waals surface area contributed by atoms with Gasteiger partial charge in [0.1, 0.15) is 4.75 Å². The van der Waals surface area contributed by atoms with Crippen LogP contribution in [0.2, 0.25) is 0 Å². The summed E-state index contributed by atoms with van der Waals surface area (Å²) in [5.74, 6) is 0.0238. The third-order valence-corrected chi connectivity index (χ3v) is 6.44. The van der Waals surface area contributed by atoms with Gasteiger partial charge in [0.05, 0.1) is 31.0 Å². The van der Waals surface area contributed by atoms with E-state index in [9.17, 15) is 9.35 Å². The molecule has 7 heteroatoms. The molecule has 2 unspecified atom stereocenters. The van der Waals surface area contributed by atoms with Crippen LogP contribution in [-0.4, -0.2) is 40.0 Å². The van der Waals surface area contributed by atoms with Crippen molar-refractivity contribution < 1.29 is 18.8 Å². The summed E-state index contributed by atoms with van der Waals surface area (Å²) in [4.78, 5) is 17.0. The van der Waals surface area contributed by atoms with E-state index in [2.05, 4.69) is 21.8 Å². The van der Waals surface area contributed by atoms with E-state index in [-0.39, 0.29) is 12.6 Å². The number of aromatic nitrogens is 1. The molecule has 170 valence electrons. The maximum atomic E-state index is 12.8. The van der Waals surface area contributed by atoms with Gasteiger partial charge >= 0.3 is 5.97 Å². The first kappa shape index (κ1) is 25.2. The molecule has 1 heterocycles. The molecule has 0 aliphatic heterocycles. The molecule has 1 aromatic carbocycles. The SMILES string of the molecule is CCOC(=O)c1ccc(OC)nc1CC(CCCc1ccccc1)N[S+]([O-])C(C)(C)C. The van der Waals surface area contributed by atoms with Crippen molar-refractivity contribution in [2.45, 2.75) is 64.2 Å². The van der Waals surface area contributed by atoms with Crippen molar-refractivity contribution in [3.05, 3.63) is 59.3 Å². The number of esters is 1. The summed E-state index contributed by atoms with van der Waals surface area (Å²) < 4.78 is 26.1. The van der Waals surface area contributed by atoms with Gasteiger partial charge < -0.3 is 14.0 Å². The van der Waals surface area contributed by atoms with E-state index < -0.39 is 22.1 Å². The summed E-state index contributed by atoms with van der Waals surface area (Å²) in [5.41, 5.74) is 2.27. The Balaban J connectivity index is 2.21. The maximum absolute atomic E-state index is 12.8. The molecule has 1 N–H and O–H groups in total. The van der Waals surface area contributed by atoms with Crippen molar-refractivity contribution in [1.29, 1.82) is 0 Å². The first-order chi connectivity index (χ1) is 14.7. The Morgan fingerprint density at radius 1 is 1.19 bits per heavy atom. The average Bonchev–Trinajstić information content (AvgIpc) is 2.73. The lowest BCUT2D eigenvalue weighted by atomic mass is 10.00. The van der Waals surface area contributed by atoms with Crippen LogP contribution in [-0.2, 0) is 28.9 Å². The molecule has 31 heavy (non-hydrogen) atoms. The largest absolute Gasteiger partial charge is 0.598 e. The highest BCUT2D eigenvalue weighted by molar-refractivity contribution is 7.90. The summed E-state index contributed by atoms with van der Waals surface area (Å²) >= 11 is -1.24. The second-order valence-corrected chi connectivity index (χ2v) is 10.3. The summed E-state index contributed by atoms with van der Waals surface area (Å²) in [6, 6.07) is 13.5. The standard InChI is InChI=1S/C24H34N2O4S/c1-6-30-23(27)20-15-16-22(29-5)25-21(20)17-19(26-31(28)24(2,3)4)14-10-13-18-11-8-7-9-12-18/h7-9,11-12,15-16,19,26H,6,10,13-14,17H2,1-5H3. The highest BCUT2D eigenvalue weighted by Crippen LogP contribution is 2.21. The van der Waals surface area contributed by atoms with Crippen LogP contribution in [0.25, 0.3) is 0 Å². The normalized spacial score (nSPS) is 13.5. The van der Waals surface area contributed by atoms with Gasteiger partial charge in [-0.2, -0.15) is 0 Å². The maximum Gasteiger partial charge on any atom is 0.339 e. The van der Waals surface area contributed by atoms with Gasteiger partial charge in [0.25, 0.3) is 0 Å². The highest BCUT2D eigenvalue weighted by Gasteiger charge is 2.30. The Bertz CT molecular complexity index is 824. The van der Waals surface area contributed by atoms with Gasteiger partial charge in [-0.25, -0.2) is 9.78 Å². The second kappa shape index (κ2) is 12.1. The Labute approximate surface area is 189 Å². The number of carbonyl (C=O) groups is 1. The molecule has 0 spiro atoms. The van der Waals surface area contributed by atoms with Gasteiger partial charge in [0, 0.05) is 23.8 Å². The monoisotopic (exact) mass is 446 g/mol. The third kappa shape index (κ3) is 8.16. The summed E-state index contributed by atoms with van der Waals surface area (Å²) in [6.07, 6.45) is 3.08. The van der Waals surface area contributed by atoms with Crippen molar-refractivity contribution in [2.24, 2.45) is 0 Å². The van der Waals surface area contributed by atoms with Crippen LogP contribution in [0.1, 0.15) is 62.2 Å². The van der Waals surface area contributed by atoms with Crippen molar-refractivity contribution >= 4 is 17.3 Å². The van der Waals surface area contributed by atoms with Gasteiger partial charge in [-0.05, 0) is 58.6 Å². The minimum absolute atomic E-state index is 0.114. The molecular weight excluding hydrogens is 412 g/mol. The van der Waals surface area contributed by atoms with Gasteiger partial charge in [-0.3, -0.25) is 0 Å². The predicted molar refractivity (Wildman–Crippen MR) is 125 cm³/mol. The topological polar surface area (TPSA) is 83.5 Å². The molecular formula is C24H34N2O4S. The van der Waals surface area contributed by atoms with Crippen LogP contribution in [0, 0.1) is 0 Å². The van der Waals surface area contributed by atoms with E-state index in [1.165, 1.54) is 5.56 Å². The number of aryl methyl sites for hydroxylation is 1. The Morgan fingerprint density at radius 3 is 2.52 bits per heavy atom. The summed E-state index contributed by atoms with van der Waals surface area (Å²) in [7, 11) is 1.54. The molecule has 2 rings (SSSR count). The zero-order chi connectivity index (χ0) is 22.9. The Hall–Kier alpha value is -2.09. The minimum atomic E-state index is -1.24. The number of methoxy groups -OCH3 is 1. The van der Waals surface area contributed by atoms with Crippen molar-refractivity contribution in [2.75, 3.05) is 13.7 Å². The van der Waals surface area contributed by atoms with Crippen LogP contribution in [0.4, 0.5) is 0 Å². The number of carbonyl (C=O) groups excluding carboxylic acids is 1. The fraction of sp³-hybridized carbons (Fsp3) is 0.500. The molecule has 0 saturated carbocycles. The van der Waals surface area contributed by atoms with Crippen molar-refractivity contribution in [1.82, 2.24) is 9.71 Å². The Kier molecular flexibility index (Phi) is 9.81. The molecule has 0 aliphatic carbocycles. The van der Waals surface area contributed by atoms with Crippen LogP contribution < -0.4 is 9.46 Å². The Morgan fingerprint density at radius 2 is 1.90 bits per heavy atom. The van der Waals surface area contributed by atoms with Gasteiger partial charge in [0.2, 0.25) is 5.88 Å². The van der Waals surface area contributed by atoms with Gasteiger partial charge in [-0.1, -0.05) is 30.3 Å². The van der Waals surface area contributed by atoms with E-state index in [0.29, 0.717) is 23.6 Å². The smallest absolute Gasteiger partial charge is 0.339 e. The van der Waals surface area contributed by atoms with Crippen LogP contribution >= 0.6 is 0 Å². The van der Waals surface area contributed by atoms with Crippen LogP contribution in [0.15, 0.2) is 42.5 Å². The number of hydrogen-bond acceptors (Lipinski definition) is 6. The molecule has 0 saturated heterocycles. The zero-order valence-electron chi connectivity index (χ0n) is 19.1. The van der Waals surface area contributed by atoms with Crippen LogP contribution in [0.3, 0.4) is 0 Å². The van der Waals surface area contributed by atoms with Gasteiger partial charge in [0.15, 0.2) is 0 Å². The quantitative estimate of drug-likeness (QED) is 0.410. The fourth-order valence-electron chi connectivity index (χ4n) is 3.11. The lowest BCUT2D eigenvalue weighted by Gasteiger charge is -2.28. The van der Waals surface area contributed by atoms with E-state index in [0.717, 1.165) is 19.3 Å². The van der Waals surface area contributed by atoms with Gasteiger partial charge in [-0.15, -0.1) is 4.72 Å². The number of pyridine rings is 1. The lowest BCUT2D eigenvalue weighted by Crippen LogP contribution is -2.45. The number of benzene rings is 1. The molecule has 0 bridgehead atoms. The molecule has 0 fully saturated rings. The second-order valence-electron chi connectivity index (χ2n) is 8.35. The average molecular weight is 447 g/mol. The molecule has 6 nitrogen and oxygen atoms in total. The van der Waals surface area contributed by atoms with E-state index in [1.807, 2.05) is 39.0 Å². The lowest BCUT2D eigenvalue weighted by molar-refractivity contribution is 0.0524. The number of rotatable bonds is 11. The number of nitrogens with one attached hydrogen (secondary N) is 1. The molecule has 0 aliphatic rings. The molecule has 2 atom stereocenters. The number of nitrogens with zero attached hydrogens (tertiary/aromatic N) is 1. The predicted octanol–water partition coefficient (Wildman–Crippen LogP) is 4.25. The molecule has 0 amide bonds. The highest BCUT2D eigenvalue weighted by atomic mass is 32.2. The fourth-order valence-corrected chi connectivity index (χ4v) is 3.96. The first-order valence-corrected chi connectivity index (χ1v) is 11.8. The number of hydrogen-bond donors (Lipinski definition) is 1. The molecule has 1 aromatic heterocycles. The van der Waals surface area contributed by atoms with E-state index in [1.54, 1.807) is 26.2 Å². The molecule has 0 radical (unpaired) electrons. The number of ether oxygens (including phenoxy) is 2. The van der Waals surface area contributed by atoms with E-state index in [4.69, 9.17) is 9.47 Å². The van der Waals surface area contributed by atoms with E-state index >= 15 is 0 Å². The third-order valence-electron chi connectivity index (χ3n) is 4.78. The summed E-state index contributed by atoms with van der Waals surface area (Å²) in [6.45, 7) is 7.87. The molecule has 2 aromatic rings. The van der Waals surface area contributed by atoms with Crippen molar-refractivity contribution in [3.63, 3.8) is 0 Å².